The minimum atomic E-state index is -0.221. The lowest BCUT2D eigenvalue weighted by molar-refractivity contribution is 0.0780. The van der Waals surface area contributed by atoms with Crippen LogP contribution < -0.4 is 10.5 Å². The fourth-order valence-corrected chi connectivity index (χ4v) is 5.33. The van der Waals surface area contributed by atoms with E-state index in [2.05, 4.69) is 9.97 Å². The number of hydrogen-bond donors (Lipinski definition) is 1. The second-order valence-electron chi connectivity index (χ2n) is 8.87. The van der Waals surface area contributed by atoms with Gasteiger partial charge in [0.05, 0.1) is 23.8 Å². The topological polar surface area (TPSA) is 79.7 Å². The Bertz CT molecular complexity index is 1480. The number of H-pyrrole nitrogens is 1. The molecular formula is C25H23ClN4O3. The zero-order valence-electron chi connectivity index (χ0n) is 18.2. The predicted molar refractivity (Wildman–Crippen MR) is 128 cm³/mol. The first kappa shape index (κ1) is 20.4. The number of aromatic amines is 1. The van der Waals surface area contributed by atoms with Crippen molar-refractivity contribution in [1.82, 2.24) is 14.4 Å². The maximum atomic E-state index is 13.5. The summed E-state index contributed by atoms with van der Waals surface area (Å²) in [6.45, 7) is 3.90. The lowest BCUT2D eigenvalue weighted by atomic mass is 10.0. The highest BCUT2D eigenvalue weighted by Gasteiger charge is 2.28. The Morgan fingerprint density at radius 1 is 1.24 bits per heavy atom. The molecule has 4 heterocycles. The molecule has 0 radical (unpaired) electrons. The number of nitrogens with one attached hydrogen (secondary N) is 1. The van der Waals surface area contributed by atoms with Crippen LogP contribution in [-0.4, -0.2) is 40.0 Å². The maximum absolute atomic E-state index is 13.5. The van der Waals surface area contributed by atoms with E-state index in [1.165, 1.54) is 0 Å². The molecule has 1 unspecified atom stereocenters. The lowest BCUT2D eigenvalue weighted by Gasteiger charge is -2.22. The van der Waals surface area contributed by atoms with Crippen molar-refractivity contribution in [1.29, 1.82) is 0 Å². The minimum Gasteiger partial charge on any atom is -0.381 e. The Morgan fingerprint density at radius 2 is 2.12 bits per heavy atom. The van der Waals surface area contributed by atoms with Crippen molar-refractivity contribution < 1.29 is 9.53 Å². The number of hydrogen-bond acceptors (Lipinski definition) is 4. The van der Waals surface area contributed by atoms with Gasteiger partial charge < -0.3 is 14.6 Å². The second kappa shape index (κ2) is 7.71. The van der Waals surface area contributed by atoms with E-state index in [1.807, 2.05) is 35.6 Å². The molecular weight excluding hydrogens is 440 g/mol. The summed E-state index contributed by atoms with van der Waals surface area (Å²) >= 11 is 6.13. The molecule has 0 aliphatic carbocycles. The van der Waals surface area contributed by atoms with Crippen LogP contribution in [0, 0.1) is 6.92 Å². The van der Waals surface area contributed by atoms with Crippen molar-refractivity contribution in [2.45, 2.75) is 32.1 Å². The van der Waals surface area contributed by atoms with Gasteiger partial charge in [-0.25, -0.2) is 4.98 Å². The summed E-state index contributed by atoms with van der Waals surface area (Å²) in [5.74, 6) is 0.897. The first-order valence-corrected chi connectivity index (χ1v) is 11.6. The summed E-state index contributed by atoms with van der Waals surface area (Å²) in [6, 6.07) is 9.39. The molecule has 2 aliphatic rings. The number of fused-ring (bicyclic) bond motifs is 4. The van der Waals surface area contributed by atoms with Gasteiger partial charge in [0.25, 0.3) is 11.5 Å². The van der Waals surface area contributed by atoms with Gasteiger partial charge >= 0.3 is 0 Å². The molecule has 1 atom stereocenters. The van der Waals surface area contributed by atoms with E-state index < -0.39 is 0 Å². The van der Waals surface area contributed by atoms with Crippen molar-refractivity contribution in [3.8, 4) is 0 Å². The summed E-state index contributed by atoms with van der Waals surface area (Å²) < 4.78 is 7.60. The number of anilines is 1. The van der Waals surface area contributed by atoms with Crippen LogP contribution in [-0.2, 0) is 11.2 Å². The highest BCUT2D eigenvalue weighted by atomic mass is 35.5. The van der Waals surface area contributed by atoms with Gasteiger partial charge in [0.1, 0.15) is 11.3 Å². The van der Waals surface area contributed by atoms with Crippen molar-refractivity contribution in [3.63, 3.8) is 0 Å². The number of amides is 1. The SMILES string of the molecule is Cc1cc2c(cc1C(=O)N1CCc3cc(Cl)ccc31)[nH]c(=O)c1cnc(C3CCCOC3)n12. The quantitative estimate of drug-likeness (QED) is 0.483. The van der Waals surface area contributed by atoms with E-state index in [0.29, 0.717) is 34.8 Å². The van der Waals surface area contributed by atoms with Crippen LogP contribution in [0.3, 0.4) is 0 Å². The third-order valence-corrected chi connectivity index (χ3v) is 7.03. The van der Waals surface area contributed by atoms with Crippen LogP contribution in [0.25, 0.3) is 16.6 Å². The minimum absolute atomic E-state index is 0.0806. The summed E-state index contributed by atoms with van der Waals surface area (Å²) in [5, 5.41) is 0.672. The first-order chi connectivity index (χ1) is 16.0. The molecule has 1 fully saturated rings. The van der Waals surface area contributed by atoms with Crippen molar-refractivity contribution in [2.75, 3.05) is 24.7 Å². The third kappa shape index (κ3) is 3.26. The Kier molecular flexibility index (Phi) is 4.78. The van der Waals surface area contributed by atoms with Gasteiger partial charge in [-0.15, -0.1) is 0 Å². The van der Waals surface area contributed by atoms with Crippen LogP contribution >= 0.6 is 11.6 Å². The second-order valence-corrected chi connectivity index (χ2v) is 9.31. The van der Waals surface area contributed by atoms with Gasteiger partial charge in [0.15, 0.2) is 0 Å². The number of carbonyl (C=O) groups excluding carboxylic acids is 1. The molecule has 1 amide bonds. The molecule has 168 valence electrons. The molecule has 4 aromatic rings. The molecule has 6 rings (SSSR count). The summed E-state index contributed by atoms with van der Waals surface area (Å²) in [4.78, 5) is 35.7. The molecule has 7 nitrogen and oxygen atoms in total. The van der Waals surface area contributed by atoms with E-state index in [-0.39, 0.29) is 17.4 Å². The molecule has 1 saturated heterocycles. The standard InChI is InChI=1S/C25H23ClN4O3/c1-14-9-21-19(11-18(14)25(32)29-7-6-15-10-17(26)4-5-20(15)29)28-24(31)22-12-27-23(30(21)22)16-3-2-8-33-13-16/h4-5,9-12,16H,2-3,6-8,13H2,1H3,(H,28,31). The Hall–Kier alpha value is -3.16. The van der Waals surface area contributed by atoms with Gasteiger partial charge in [-0.3, -0.25) is 14.0 Å². The number of imidazole rings is 1. The van der Waals surface area contributed by atoms with Gasteiger partial charge in [0.2, 0.25) is 0 Å². The lowest BCUT2D eigenvalue weighted by Crippen LogP contribution is -2.29. The maximum Gasteiger partial charge on any atom is 0.274 e. The van der Waals surface area contributed by atoms with Crippen molar-refractivity contribution in [2.24, 2.45) is 0 Å². The third-order valence-electron chi connectivity index (χ3n) is 6.79. The smallest absolute Gasteiger partial charge is 0.274 e. The summed E-state index contributed by atoms with van der Waals surface area (Å²) in [6.07, 6.45) is 4.35. The zero-order valence-corrected chi connectivity index (χ0v) is 19.0. The van der Waals surface area contributed by atoms with Gasteiger partial charge in [-0.1, -0.05) is 11.6 Å². The molecule has 0 saturated carbocycles. The zero-order chi connectivity index (χ0) is 22.7. The normalized spacial score (nSPS) is 18.2. The average Bonchev–Trinajstić information content (AvgIpc) is 3.44. The summed E-state index contributed by atoms with van der Waals surface area (Å²) in [5.41, 5.74) is 5.13. The predicted octanol–water partition coefficient (Wildman–Crippen LogP) is 4.23. The number of aryl methyl sites for hydroxylation is 1. The Balaban J connectivity index is 1.48. The van der Waals surface area contributed by atoms with Crippen LogP contribution in [0.5, 0.6) is 0 Å². The van der Waals surface area contributed by atoms with E-state index in [0.717, 1.165) is 54.0 Å². The number of nitrogens with zero attached hydrogens (tertiary/aromatic N) is 3. The molecule has 1 N–H and O–H groups in total. The molecule has 0 spiro atoms. The fraction of sp³-hybridized carbons (Fsp3) is 0.320. The summed E-state index contributed by atoms with van der Waals surface area (Å²) in [7, 11) is 0. The average molecular weight is 463 g/mol. The van der Waals surface area contributed by atoms with Crippen molar-refractivity contribution in [3.05, 3.63) is 74.4 Å². The van der Waals surface area contributed by atoms with E-state index in [4.69, 9.17) is 16.3 Å². The monoisotopic (exact) mass is 462 g/mol. The van der Waals surface area contributed by atoms with Crippen LogP contribution in [0.4, 0.5) is 5.69 Å². The number of halogens is 1. The fourth-order valence-electron chi connectivity index (χ4n) is 5.13. The van der Waals surface area contributed by atoms with Gasteiger partial charge in [-0.05, 0) is 67.6 Å². The number of benzene rings is 2. The number of aromatic nitrogens is 3. The molecule has 2 aromatic heterocycles. The van der Waals surface area contributed by atoms with Crippen molar-refractivity contribution >= 4 is 39.7 Å². The molecule has 2 aliphatic heterocycles. The number of ether oxygens (including phenoxy) is 1. The Morgan fingerprint density at radius 3 is 2.94 bits per heavy atom. The molecule has 0 bridgehead atoms. The van der Waals surface area contributed by atoms with Gasteiger partial charge in [-0.2, -0.15) is 0 Å². The molecule has 33 heavy (non-hydrogen) atoms. The van der Waals surface area contributed by atoms with Gasteiger partial charge in [0, 0.05) is 35.3 Å². The largest absolute Gasteiger partial charge is 0.381 e. The number of carbonyl (C=O) groups is 1. The van der Waals surface area contributed by atoms with E-state index >= 15 is 0 Å². The first-order valence-electron chi connectivity index (χ1n) is 11.2. The molecule has 2 aromatic carbocycles. The van der Waals surface area contributed by atoms with Crippen LogP contribution in [0.2, 0.25) is 5.02 Å². The number of rotatable bonds is 2. The van der Waals surface area contributed by atoms with E-state index in [1.54, 1.807) is 17.2 Å². The highest BCUT2D eigenvalue weighted by molar-refractivity contribution is 6.30. The molecule has 8 heteroatoms. The Labute approximate surface area is 195 Å². The highest BCUT2D eigenvalue weighted by Crippen LogP contribution is 2.33. The van der Waals surface area contributed by atoms with Crippen LogP contribution in [0.15, 0.2) is 41.3 Å². The van der Waals surface area contributed by atoms with Crippen LogP contribution in [0.1, 0.15) is 46.1 Å². The van der Waals surface area contributed by atoms with E-state index in [9.17, 15) is 9.59 Å².